The van der Waals surface area contributed by atoms with Gasteiger partial charge in [0, 0.05) is 6.92 Å². The molecule has 0 atom stereocenters. The molecule has 0 spiro atoms. The second-order valence-corrected chi connectivity index (χ2v) is 2.59. The minimum absolute atomic E-state index is 0.284. The van der Waals surface area contributed by atoms with E-state index in [1.165, 1.54) is 13.2 Å². The number of esters is 1. The van der Waals surface area contributed by atoms with E-state index < -0.39 is 5.97 Å². The van der Waals surface area contributed by atoms with Crippen LogP contribution in [0.15, 0.2) is 42.6 Å². The molecule has 0 aliphatic heterocycles. The van der Waals surface area contributed by atoms with Crippen LogP contribution in [-0.4, -0.2) is 5.97 Å². The summed E-state index contributed by atoms with van der Waals surface area (Å²) in [5.74, 6) is -0.400. The van der Waals surface area contributed by atoms with E-state index in [2.05, 4.69) is 4.74 Å². The van der Waals surface area contributed by atoms with Gasteiger partial charge in [0.05, 0.1) is 7.63 Å². The molecule has 0 unspecified atom stereocenters. The molecule has 0 N–H and O–H groups in total. The van der Waals surface area contributed by atoms with E-state index in [0.29, 0.717) is 6.42 Å². The van der Waals surface area contributed by atoms with E-state index in [4.69, 9.17) is 1.37 Å². The summed E-state index contributed by atoms with van der Waals surface area (Å²) in [7, 11) is 0. The van der Waals surface area contributed by atoms with Gasteiger partial charge in [-0.15, -0.1) is 0 Å². The van der Waals surface area contributed by atoms with Gasteiger partial charge in [-0.05, 0) is 18.0 Å². The summed E-state index contributed by atoms with van der Waals surface area (Å²) in [6.07, 6.45) is 1.66. The van der Waals surface area contributed by atoms with Gasteiger partial charge in [0.25, 0.3) is 0 Å². The van der Waals surface area contributed by atoms with Crippen molar-refractivity contribution in [3.8, 4) is 0 Å². The van der Waals surface area contributed by atoms with Gasteiger partial charge >= 0.3 is 5.97 Å². The van der Waals surface area contributed by atoms with Gasteiger partial charge in [0.15, 0.2) is 0 Å². The highest BCUT2D eigenvalue weighted by molar-refractivity contribution is 5.66. The number of carbonyl (C=O) groups is 1. The van der Waals surface area contributed by atoms with Crippen LogP contribution in [0.3, 0.4) is 0 Å². The van der Waals surface area contributed by atoms with Gasteiger partial charge in [-0.2, -0.15) is 0 Å². The predicted molar refractivity (Wildman–Crippen MR) is 51.1 cm³/mol. The maximum absolute atomic E-state index is 10.5. The Hall–Kier alpha value is -1.57. The zero-order valence-corrected chi connectivity index (χ0v) is 7.49. The lowest BCUT2D eigenvalue weighted by atomic mass is 10.2. The lowest BCUT2D eigenvalue weighted by Crippen LogP contribution is -1.89. The Labute approximate surface area is 79.2 Å². The minimum Gasteiger partial charge on any atom is -0.435 e. The quantitative estimate of drug-likeness (QED) is 0.523. The van der Waals surface area contributed by atoms with Gasteiger partial charge in [-0.3, -0.25) is 4.79 Å². The molecule has 1 aromatic rings. The first-order valence-electron chi connectivity index (χ1n) is 4.55. The highest BCUT2D eigenvalue weighted by Crippen LogP contribution is 1.99. The largest absolute Gasteiger partial charge is 0.435 e. The molecule has 0 bridgehead atoms. The summed E-state index contributed by atoms with van der Waals surface area (Å²) >= 11 is 0. The summed E-state index contributed by atoms with van der Waals surface area (Å²) in [6, 6.07) is 9.88. The van der Waals surface area contributed by atoms with E-state index in [9.17, 15) is 4.79 Å². The second-order valence-electron chi connectivity index (χ2n) is 2.59. The Morgan fingerprint density at radius 3 is 2.85 bits per heavy atom. The SMILES string of the molecule is [2H]/C(=C/OC(C)=O)Cc1ccccc1. The lowest BCUT2D eigenvalue weighted by molar-refractivity contribution is -0.135. The van der Waals surface area contributed by atoms with Crippen molar-refractivity contribution in [3.63, 3.8) is 0 Å². The standard InChI is InChI=1S/C11H12O2/c1-10(12)13-9-5-8-11-6-3-2-4-7-11/h2-7,9H,8H2,1H3/b9-5-/i5D. The molecule has 0 fully saturated rings. The van der Waals surface area contributed by atoms with Crippen LogP contribution in [0.2, 0.25) is 0 Å². The predicted octanol–water partition coefficient (Wildman–Crippen LogP) is 2.31. The minimum atomic E-state index is -0.400. The van der Waals surface area contributed by atoms with Crippen LogP contribution in [0.5, 0.6) is 0 Å². The molecule has 2 heteroatoms. The van der Waals surface area contributed by atoms with Crippen molar-refractivity contribution >= 4 is 5.97 Å². The first-order valence-corrected chi connectivity index (χ1v) is 4.05. The molecule has 68 valence electrons. The molecule has 0 aromatic heterocycles. The number of hydrogen-bond acceptors (Lipinski definition) is 2. The molecule has 0 radical (unpaired) electrons. The van der Waals surface area contributed by atoms with E-state index in [0.717, 1.165) is 5.56 Å². The summed E-state index contributed by atoms with van der Waals surface area (Å²) in [5, 5.41) is 0. The number of carbonyl (C=O) groups excluding carboxylic acids is 1. The number of ether oxygens (including phenoxy) is 1. The molecule has 13 heavy (non-hydrogen) atoms. The molecule has 0 saturated carbocycles. The number of hydrogen-bond donors (Lipinski definition) is 0. The Morgan fingerprint density at radius 1 is 1.54 bits per heavy atom. The van der Waals surface area contributed by atoms with Crippen molar-refractivity contribution in [2.75, 3.05) is 0 Å². The zero-order valence-electron chi connectivity index (χ0n) is 8.49. The Balaban J connectivity index is 2.53. The van der Waals surface area contributed by atoms with E-state index >= 15 is 0 Å². The van der Waals surface area contributed by atoms with Crippen molar-refractivity contribution in [3.05, 3.63) is 48.2 Å². The van der Waals surface area contributed by atoms with E-state index in [1.54, 1.807) is 0 Å². The summed E-state index contributed by atoms with van der Waals surface area (Å²) in [4.78, 5) is 10.5. The van der Waals surface area contributed by atoms with E-state index in [1.807, 2.05) is 30.3 Å². The third-order valence-corrected chi connectivity index (χ3v) is 1.46. The Kier molecular flexibility index (Phi) is 3.18. The highest BCUT2D eigenvalue weighted by Gasteiger charge is 1.87. The fourth-order valence-corrected chi connectivity index (χ4v) is 0.880. The number of benzene rings is 1. The molecule has 0 aliphatic carbocycles. The smallest absolute Gasteiger partial charge is 0.307 e. The van der Waals surface area contributed by atoms with Crippen LogP contribution >= 0.6 is 0 Å². The average Bonchev–Trinajstić information content (AvgIpc) is 2.16. The third-order valence-electron chi connectivity index (χ3n) is 1.46. The van der Waals surface area contributed by atoms with Gasteiger partial charge < -0.3 is 4.74 Å². The lowest BCUT2D eigenvalue weighted by Gasteiger charge is -1.94. The van der Waals surface area contributed by atoms with Crippen molar-refractivity contribution in [1.82, 2.24) is 0 Å². The second kappa shape index (κ2) is 5.14. The summed E-state index contributed by atoms with van der Waals surface area (Å²) in [6.45, 7) is 1.31. The molecular formula is C11H12O2. The molecule has 1 aromatic carbocycles. The molecular weight excluding hydrogens is 164 g/mol. The molecule has 0 heterocycles. The van der Waals surface area contributed by atoms with Crippen LogP contribution in [0.4, 0.5) is 0 Å². The van der Waals surface area contributed by atoms with Crippen LogP contribution < -0.4 is 0 Å². The summed E-state index contributed by atoms with van der Waals surface area (Å²) in [5.41, 5.74) is 1.03. The maximum atomic E-state index is 10.5. The maximum Gasteiger partial charge on any atom is 0.307 e. The number of rotatable bonds is 3. The fraction of sp³-hybridized carbons (Fsp3) is 0.182. The van der Waals surface area contributed by atoms with Gasteiger partial charge in [0.1, 0.15) is 0 Å². The van der Waals surface area contributed by atoms with Crippen molar-refractivity contribution in [1.29, 1.82) is 0 Å². The van der Waals surface area contributed by atoms with Crippen molar-refractivity contribution in [2.45, 2.75) is 13.3 Å². The van der Waals surface area contributed by atoms with Gasteiger partial charge in [-0.25, -0.2) is 0 Å². The first kappa shape index (κ1) is 8.05. The van der Waals surface area contributed by atoms with Crippen molar-refractivity contribution in [2.24, 2.45) is 0 Å². The van der Waals surface area contributed by atoms with Crippen LogP contribution in [0.25, 0.3) is 0 Å². The van der Waals surface area contributed by atoms with Crippen LogP contribution in [0, 0.1) is 0 Å². The van der Waals surface area contributed by atoms with Crippen LogP contribution in [-0.2, 0) is 16.0 Å². The van der Waals surface area contributed by atoms with Crippen LogP contribution in [0.1, 0.15) is 13.9 Å². The Morgan fingerprint density at radius 2 is 2.23 bits per heavy atom. The van der Waals surface area contributed by atoms with Gasteiger partial charge in [0.2, 0.25) is 0 Å². The molecule has 1 rings (SSSR count). The third kappa shape index (κ3) is 4.11. The van der Waals surface area contributed by atoms with Crippen molar-refractivity contribution < 1.29 is 10.9 Å². The number of allylic oxidation sites excluding steroid dienone is 1. The monoisotopic (exact) mass is 177 g/mol. The zero-order chi connectivity index (χ0) is 10.4. The first-order chi connectivity index (χ1) is 6.68. The Bertz CT molecular complexity index is 330. The average molecular weight is 177 g/mol. The fourth-order valence-electron chi connectivity index (χ4n) is 0.880. The normalized spacial score (nSPS) is 12.1. The molecule has 2 nitrogen and oxygen atoms in total. The highest BCUT2D eigenvalue weighted by atomic mass is 16.5. The summed E-state index contributed by atoms with van der Waals surface area (Å²) < 4.78 is 12.1. The molecule has 0 amide bonds. The molecule has 0 aliphatic rings. The topological polar surface area (TPSA) is 26.3 Å². The van der Waals surface area contributed by atoms with E-state index in [-0.39, 0.29) is 6.05 Å². The van der Waals surface area contributed by atoms with Gasteiger partial charge in [-0.1, -0.05) is 30.3 Å². The molecule has 0 saturated heterocycles.